The molecule has 0 aromatic heterocycles. The van der Waals surface area contributed by atoms with Gasteiger partial charge in [-0.25, -0.2) is 0 Å². The Bertz CT molecular complexity index is 1280. The van der Waals surface area contributed by atoms with Crippen molar-refractivity contribution in [1.82, 2.24) is 0 Å². The van der Waals surface area contributed by atoms with E-state index in [1.807, 2.05) is 53.4 Å². The molecule has 4 aromatic carbocycles. The molecule has 1 heterocycles. The van der Waals surface area contributed by atoms with Crippen LogP contribution < -0.4 is 14.4 Å². The van der Waals surface area contributed by atoms with Crippen molar-refractivity contribution in [2.24, 2.45) is 0 Å². The molecule has 4 heteroatoms. The number of aryl methyl sites for hydroxylation is 1. The maximum atomic E-state index is 13.5. The van der Waals surface area contributed by atoms with Crippen LogP contribution in [0.4, 0.5) is 5.69 Å². The second-order valence-corrected chi connectivity index (χ2v) is 8.71. The number of anilines is 1. The molecule has 34 heavy (non-hydrogen) atoms. The lowest BCUT2D eigenvalue weighted by Gasteiger charge is -2.34. The first kappa shape index (κ1) is 22.0. The van der Waals surface area contributed by atoms with Crippen molar-refractivity contribution in [2.45, 2.75) is 38.8 Å². The van der Waals surface area contributed by atoms with Crippen LogP contribution >= 0.6 is 0 Å². The standard InChI is InChI=1S/C30H29NO3/c1-2-7-22-13-16-26(17-14-22)33-19-18-29-30(32)31(27-10-5-6-11-28(27)34-29)21-23-12-15-24-8-3-4-9-25(24)20-23/h3-6,8-17,20,29H,2,7,18-19,21H2,1H3. The minimum atomic E-state index is -0.574. The zero-order valence-corrected chi connectivity index (χ0v) is 19.4. The molecular formula is C30H29NO3. The number of carbonyl (C=O) groups is 1. The summed E-state index contributed by atoms with van der Waals surface area (Å²) < 4.78 is 12.0. The van der Waals surface area contributed by atoms with E-state index < -0.39 is 6.10 Å². The topological polar surface area (TPSA) is 38.8 Å². The Hall–Kier alpha value is -3.79. The molecule has 1 unspecified atom stereocenters. The Labute approximate surface area is 200 Å². The molecule has 0 aliphatic carbocycles. The average Bonchev–Trinajstić information content (AvgIpc) is 2.87. The van der Waals surface area contributed by atoms with Crippen LogP contribution in [0.2, 0.25) is 0 Å². The van der Waals surface area contributed by atoms with Crippen molar-refractivity contribution < 1.29 is 14.3 Å². The first-order valence-corrected chi connectivity index (χ1v) is 12.0. The molecule has 0 saturated carbocycles. The van der Waals surface area contributed by atoms with E-state index in [1.165, 1.54) is 16.3 Å². The quantitative estimate of drug-likeness (QED) is 0.305. The van der Waals surface area contributed by atoms with Crippen LogP contribution in [0.1, 0.15) is 30.9 Å². The molecular weight excluding hydrogens is 422 g/mol. The van der Waals surface area contributed by atoms with Crippen LogP contribution in [0.3, 0.4) is 0 Å². The Morgan fingerprint density at radius 1 is 0.853 bits per heavy atom. The van der Waals surface area contributed by atoms with Gasteiger partial charge in [0.2, 0.25) is 0 Å². The third-order valence-electron chi connectivity index (χ3n) is 6.23. The number of hydrogen-bond donors (Lipinski definition) is 0. The lowest BCUT2D eigenvalue weighted by atomic mass is 10.1. The summed E-state index contributed by atoms with van der Waals surface area (Å²) in [5, 5.41) is 2.36. The molecule has 0 fully saturated rings. The van der Waals surface area contributed by atoms with Crippen LogP contribution in [-0.4, -0.2) is 18.6 Å². The Morgan fingerprint density at radius 3 is 2.41 bits per heavy atom. The van der Waals surface area contributed by atoms with E-state index in [0.717, 1.165) is 35.6 Å². The third kappa shape index (κ3) is 4.76. The number of nitrogens with zero attached hydrogens (tertiary/aromatic N) is 1. The van der Waals surface area contributed by atoms with E-state index in [2.05, 4.69) is 49.4 Å². The van der Waals surface area contributed by atoms with Gasteiger partial charge in [0.05, 0.1) is 18.8 Å². The predicted molar refractivity (Wildman–Crippen MR) is 137 cm³/mol. The number of para-hydroxylation sites is 2. The van der Waals surface area contributed by atoms with Gasteiger partial charge in [0, 0.05) is 6.42 Å². The van der Waals surface area contributed by atoms with Crippen LogP contribution in [0.15, 0.2) is 91.0 Å². The fraction of sp³-hybridized carbons (Fsp3) is 0.233. The molecule has 0 spiro atoms. The fourth-order valence-electron chi connectivity index (χ4n) is 4.47. The van der Waals surface area contributed by atoms with Gasteiger partial charge in [-0.15, -0.1) is 0 Å². The maximum absolute atomic E-state index is 13.5. The molecule has 1 aliphatic heterocycles. The van der Waals surface area contributed by atoms with Crippen molar-refractivity contribution >= 4 is 22.4 Å². The van der Waals surface area contributed by atoms with Gasteiger partial charge in [0.25, 0.3) is 5.91 Å². The molecule has 0 N–H and O–H groups in total. The number of benzene rings is 4. The van der Waals surface area contributed by atoms with Crippen LogP contribution in [0.5, 0.6) is 11.5 Å². The van der Waals surface area contributed by atoms with E-state index >= 15 is 0 Å². The monoisotopic (exact) mass is 451 g/mol. The van der Waals surface area contributed by atoms with Gasteiger partial charge in [-0.05, 0) is 58.7 Å². The lowest BCUT2D eigenvalue weighted by molar-refractivity contribution is -0.127. The first-order valence-electron chi connectivity index (χ1n) is 12.0. The maximum Gasteiger partial charge on any atom is 0.268 e. The molecule has 172 valence electrons. The minimum absolute atomic E-state index is 0.0336. The van der Waals surface area contributed by atoms with Gasteiger partial charge >= 0.3 is 0 Å². The van der Waals surface area contributed by atoms with E-state index in [0.29, 0.717) is 19.6 Å². The molecule has 5 rings (SSSR count). The summed E-state index contributed by atoms with van der Waals surface area (Å²) in [7, 11) is 0. The first-order chi connectivity index (χ1) is 16.7. The second-order valence-electron chi connectivity index (χ2n) is 8.71. The lowest BCUT2D eigenvalue weighted by Crippen LogP contribution is -2.46. The molecule has 1 amide bonds. The predicted octanol–water partition coefficient (Wildman–Crippen LogP) is 6.56. The largest absolute Gasteiger partial charge is 0.493 e. The highest BCUT2D eigenvalue weighted by Gasteiger charge is 2.34. The summed E-state index contributed by atoms with van der Waals surface area (Å²) in [6.45, 7) is 3.09. The van der Waals surface area contributed by atoms with Gasteiger partial charge in [0.15, 0.2) is 6.10 Å². The SMILES string of the molecule is CCCc1ccc(OCCC2Oc3ccccc3N(Cc3ccc4ccccc4c3)C2=O)cc1. The second kappa shape index (κ2) is 10.0. The average molecular weight is 452 g/mol. The molecule has 4 nitrogen and oxygen atoms in total. The molecule has 1 atom stereocenters. The van der Waals surface area contributed by atoms with Crippen molar-refractivity contribution in [3.8, 4) is 11.5 Å². The Kier molecular flexibility index (Phi) is 6.48. The zero-order chi connectivity index (χ0) is 23.3. The zero-order valence-electron chi connectivity index (χ0n) is 19.4. The number of hydrogen-bond acceptors (Lipinski definition) is 3. The number of amides is 1. The van der Waals surface area contributed by atoms with Crippen molar-refractivity contribution in [2.75, 3.05) is 11.5 Å². The van der Waals surface area contributed by atoms with Crippen LogP contribution in [-0.2, 0) is 17.8 Å². The number of rotatable bonds is 8. The normalized spacial score (nSPS) is 15.1. The van der Waals surface area contributed by atoms with Crippen LogP contribution in [0, 0.1) is 0 Å². The van der Waals surface area contributed by atoms with Crippen molar-refractivity contribution in [3.05, 3.63) is 102 Å². The van der Waals surface area contributed by atoms with Gasteiger partial charge in [-0.3, -0.25) is 4.79 Å². The Morgan fingerprint density at radius 2 is 1.59 bits per heavy atom. The number of carbonyl (C=O) groups excluding carboxylic acids is 1. The third-order valence-corrected chi connectivity index (χ3v) is 6.23. The summed E-state index contributed by atoms with van der Waals surface area (Å²) in [4.78, 5) is 15.3. The smallest absolute Gasteiger partial charge is 0.268 e. The van der Waals surface area contributed by atoms with Gasteiger partial charge in [0.1, 0.15) is 11.5 Å². The summed E-state index contributed by atoms with van der Waals surface area (Å²) in [5.74, 6) is 1.52. The van der Waals surface area contributed by atoms with Gasteiger partial charge < -0.3 is 14.4 Å². The highest BCUT2D eigenvalue weighted by Crippen LogP contribution is 2.35. The highest BCUT2D eigenvalue weighted by atomic mass is 16.5. The van der Waals surface area contributed by atoms with Crippen molar-refractivity contribution in [1.29, 1.82) is 0 Å². The van der Waals surface area contributed by atoms with Gasteiger partial charge in [-0.1, -0.05) is 74.0 Å². The number of ether oxygens (including phenoxy) is 2. The van der Waals surface area contributed by atoms with Crippen molar-refractivity contribution in [3.63, 3.8) is 0 Å². The number of fused-ring (bicyclic) bond motifs is 2. The van der Waals surface area contributed by atoms with Gasteiger partial charge in [-0.2, -0.15) is 0 Å². The molecule has 4 aromatic rings. The van der Waals surface area contributed by atoms with E-state index in [9.17, 15) is 4.79 Å². The summed E-state index contributed by atoms with van der Waals surface area (Å²) in [5.41, 5.74) is 3.21. The van der Waals surface area contributed by atoms with E-state index in [4.69, 9.17) is 9.47 Å². The minimum Gasteiger partial charge on any atom is -0.493 e. The van der Waals surface area contributed by atoms with E-state index in [1.54, 1.807) is 0 Å². The van der Waals surface area contributed by atoms with Crippen LogP contribution in [0.25, 0.3) is 10.8 Å². The molecule has 1 aliphatic rings. The summed E-state index contributed by atoms with van der Waals surface area (Å²) in [6, 6.07) is 30.6. The summed E-state index contributed by atoms with van der Waals surface area (Å²) >= 11 is 0. The van der Waals surface area contributed by atoms with E-state index in [-0.39, 0.29) is 5.91 Å². The fourth-order valence-corrected chi connectivity index (χ4v) is 4.47. The summed E-state index contributed by atoms with van der Waals surface area (Å²) in [6.07, 6.45) is 2.10. The molecule has 0 saturated heterocycles. The molecule has 0 bridgehead atoms. The highest BCUT2D eigenvalue weighted by molar-refractivity contribution is 6.00. The molecule has 0 radical (unpaired) electrons. The Balaban J connectivity index is 1.30.